The summed E-state index contributed by atoms with van der Waals surface area (Å²) in [5.41, 5.74) is 14.5. The van der Waals surface area contributed by atoms with Crippen LogP contribution in [0.2, 0.25) is 5.02 Å². The van der Waals surface area contributed by atoms with Gasteiger partial charge >= 0.3 is 0 Å². The molecule has 0 bridgehead atoms. The molecular formula is C8H11ClN2. The van der Waals surface area contributed by atoms with E-state index in [0.29, 0.717) is 10.7 Å². The normalized spacial score (nSPS) is 10.1. The van der Waals surface area contributed by atoms with E-state index in [1.165, 1.54) is 0 Å². The standard InChI is InChI=1S/C8H11ClN2/c1-4-3-6(10)7(9)5(2)8(4)11/h3H,10-11H2,1-2H3. The van der Waals surface area contributed by atoms with Crippen LogP contribution in [0.15, 0.2) is 6.07 Å². The van der Waals surface area contributed by atoms with Gasteiger partial charge in [0.05, 0.1) is 10.7 Å². The number of hydrogen-bond donors (Lipinski definition) is 2. The van der Waals surface area contributed by atoms with Crippen molar-refractivity contribution < 1.29 is 0 Å². The first-order chi connectivity index (χ1) is 5.04. The molecule has 0 saturated carbocycles. The Morgan fingerprint density at radius 2 is 1.82 bits per heavy atom. The summed E-state index contributed by atoms with van der Waals surface area (Å²) in [6.07, 6.45) is 0. The van der Waals surface area contributed by atoms with Crippen LogP contribution in [0.4, 0.5) is 11.4 Å². The molecule has 2 nitrogen and oxygen atoms in total. The van der Waals surface area contributed by atoms with Crippen LogP contribution >= 0.6 is 11.6 Å². The van der Waals surface area contributed by atoms with Crippen LogP contribution in [0.1, 0.15) is 11.1 Å². The molecule has 0 aliphatic carbocycles. The van der Waals surface area contributed by atoms with Crippen molar-refractivity contribution in [2.75, 3.05) is 11.5 Å². The van der Waals surface area contributed by atoms with Crippen molar-refractivity contribution in [1.82, 2.24) is 0 Å². The molecule has 0 radical (unpaired) electrons. The van der Waals surface area contributed by atoms with E-state index in [2.05, 4.69) is 0 Å². The first-order valence-corrected chi connectivity index (χ1v) is 3.72. The predicted octanol–water partition coefficient (Wildman–Crippen LogP) is 2.12. The van der Waals surface area contributed by atoms with Crippen LogP contribution in [0.3, 0.4) is 0 Å². The highest BCUT2D eigenvalue weighted by Gasteiger charge is 2.05. The van der Waals surface area contributed by atoms with Crippen molar-refractivity contribution in [2.24, 2.45) is 0 Å². The smallest absolute Gasteiger partial charge is 0.0685 e. The van der Waals surface area contributed by atoms with Gasteiger partial charge in [0.15, 0.2) is 0 Å². The molecule has 0 heterocycles. The lowest BCUT2D eigenvalue weighted by atomic mass is 10.1. The van der Waals surface area contributed by atoms with Gasteiger partial charge in [0.2, 0.25) is 0 Å². The molecule has 0 spiro atoms. The Kier molecular flexibility index (Phi) is 1.96. The lowest BCUT2D eigenvalue weighted by Crippen LogP contribution is -1.97. The number of nitrogens with two attached hydrogens (primary N) is 2. The van der Waals surface area contributed by atoms with Gasteiger partial charge in [-0.25, -0.2) is 0 Å². The van der Waals surface area contributed by atoms with Crippen molar-refractivity contribution >= 4 is 23.0 Å². The summed E-state index contributed by atoms with van der Waals surface area (Å²) in [6.45, 7) is 3.77. The minimum Gasteiger partial charge on any atom is -0.398 e. The SMILES string of the molecule is Cc1cc(N)c(Cl)c(C)c1N. The number of halogens is 1. The monoisotopic (exact) mass is 170 g/mol. The average Bonchev–Trinajstić information content (AvgIpc) is 1.97. The third kappa shape index (κ3) is 1.26. The van der Waals surface area contributed by atoms with Gasteiger partial charge in [0.1, 0.15) is 0 Å². The molecule has 3 heteroatoms. The van der Waals surface area contributed by atoms with Crippen molar-refractivity contribution in [3.8, 4) is 0 Å². The van der Waals surface area contributed by atoms with Gasteiger partial charge < -0.3 is 11.5 Å². The van der Waals surface area contributed by atoms with Crippen LogP contribution in [0, 0.1) is 13.8 Å². The number of aryl methyl sites for hydroxylation is 1. The lowest BCUT2D eigenvalue weighted by molar-refractivity contribution is 1.39. The Morgan fingerprint density at radius 3 is 2.36 bits per heavy atom. The number of rotatable bonds is 0. The molecule has 1 aromatic rings. The molecule has 0 saturated heterocycles. The molecule has 0 aliphatic heterocycles. The van der Waals surface area contributed by atoms with E-state index < -0.39 is 0 Å². The molecule has 0 unspecified atom stereocenters. The summed E-state index contributed by atoms with van der Waals surface area (Å²) in [5.74, 6) is 0. The molecule has 0 amide bonds. The van der Waals surface area contributed by atoms with E-state index in [4.69, 9.17) is 23.1 Å². The third-order valence-corrected chi connectivity index (χ3v) is 2.29. The van der Waals surface area contributed by atoms with Gasteiger partial charge in [-0.1, -0.05) is 11.6 Å². The molecule has 11 heavy (non-hydrogen) atoms. The highest BCUT2D eigenvalue weighted by Crippen LogP contribution is 2.29. The van der Waals surface area contributed by atoms with Gasteiger partial charge in [0.25, 0.3) is 0 Å². The fraction of sp³-hybridized carbons (Fsp3) is 0.250. The maximum Gasteiger partial charge on any atom is 0.0685 e. The van der Waals surface area contributed by atoms with E-state index in [1.54, 1.807) is 6.07 Å². The van der Waals surface area contributed by atoms with E-state index in [9.17, 15) is 0 Å². The average molecular weight is 171 g/mol. The second-order valence-corrected chi connectivity index (χ2v) is 3.01. The van der Waals surface area contributed by atoms with Gasteiger partial charge in [-0.3, -0.25) is 0 Å². The summed E-state index contributed by atoms with van der Waals surface area (Å²) in [7, 11) is 0. The molecule has 4 N–H and O–H groups in total. The first-order valence-electron chi connectivity index (χ1n) is 3.34. The summed E-state index contributed by atoms with van der Waals surface area (Å²) < 4.78 is 0. The van der Waals surface area contributed by atoms with Crippen LogP contribution in [-0.4, -0.2) is 0 Å². The van der Waals surface area contributed by atoms with E-state index in [1.807, 2.05) is 13.8 Å². The second kappa shape index (κ2) is 2.62. The maximum atomic E-state index is 5.85. The fourth-order valence-corrected chi connectivity index (χ4v) is 1.16. The quantitative estimate of drug-likeness (QED) is 0.586. The number of benzene rings is 1. The Labute approximate surface area is 71.1 Å². The van der Waals surface area contributed by atoms with E-state index in [-0.39, 0.29) is 0 Å². The number of nitrogen functional groups attached to an aromatic ring is 2. The van der Waals surface area contributed by atoms with Gasteiger partial charge in [0, 0.05) is 5.69 Å². The minimum absolute atomic E-state index is 0.563. The van der Waals surface area contributed by atoms with Gasteiger partial charge in [-0.05, 0) is 31.0 Å². The van der Waals surface area contributed by atoms with Crippen molar-refractivity contribution in [1.29, 1.82) is 0 Å². The minimum atomic E-state index is 0.563. The van der Waals surface area contributed by atoms with Crippen molar-refractivity contribution in [3.05, 3.63) is 22.2 Å². The molecular weight excluding hydrogens is 160 g/mol. The maximum absolute atomic E-state index is 5.85. The van der Waals surface area contributed by atoms with Gasteiger partial charge in [-0.2, -0.15) is 0 Å². The topological polar surface area (TPSA) is 52.0 Å². The van der Waals surface area contributed by atoms with Crippen LogP contribution in [-0.2, 0) is 0 Å². The zero-order valence-corrected chi connectivity index (χ0v) is 7.37. The molecule has 0 aliphatic rings. The zero-order chi connectivity index (χ0) is 8.59. The predicted molar refractivity (Wildman–Crippen MR) is 49.8 cm³/mol. The Balaban J connectivity index is 3.46. The third-order valence-electron chi connectivity index (χ3n) is 1.78. The largest absolute Gasteiger partial charge is 0.398 e. The molecule has 60 valence electrons. The van der Waals surface area contributed by atoms with Crippen LogP contribution in [0.25, 0.3) is 0 Å². The highest BCUT2D eigenvalue weighted by atomic mass is 35.5. The Morgan fingerprint density at radius 1 is 1.27 bits per heavy atom. The van der Waals surface area contributed by atoms with Crippen molar-refractivity contribution in [3.63, 3.8) is 0 Å². The van der Waals surface area contributed by atoms with Crippen LogP contribution in [0.5, 0.6) is 0 Å². The summed E-state index contributed by atoms with van der Waals surface area (Å²) in [5, 5.41) is 0.563. The summed E-state index contributed by atoms with van der Waals surface area (Å²) >= 11 is 5.85. The number of hydrogen-bond acceptors (Lipinski definition) is 2. The molecule has 0 fully saturated rings. The number of anilines is 2. The summed E-state index contributed by atoms with van der Waals surface area (Å²) in [6, 6.07) is 1.78. The summed E-state index contributed by atoms with van der Waals surface area (Å²) in [4.78, 5) is 0. The van der Waals surface area contributed by atoms with E-state index in [0.717, 1.165) is 16.8 Å². The lowest BCUT2D eigenvalue weighted by Gasteiger charge is -2.08. The highest BCUT2D eigenvalue weighted by molar-refractivity contribution is 6.34. The fourth-order valence-electron chi connectivity index (χ4n) is 1.00. The van der Waals surface area contributed by atoms with Crippen molar-refractivity contribution in [2.45, 2.75) is 13.8 Å². The van der Waals surface area contributed by atoms with E-state index >= 15 is 0 Å². The molecule has 1 aromatic carbocycles. The Bertz CT molecular complexity index is 268. The first kappa shape index (κ1) is 8.21. The van der Waals surface area contributed by atoms with Crippen LogP contribution < -0.4 is 11.5 Å². The zero-order valence-electron chi connectivity index (χ0n) is 6.61. The Hall–Kier alpha value is -0.890. The van der Waals surface area contributed by atoms with Gasteiger partial charge in [-0.15, -0.1) is 0 Å². The second-order valence-electron chi connectivity index (χ2n) is 2.64. The molecule has 0 aromatic heterocycles. The molecule has 0 atom stereocenters. The molecule has 1 rings (SSSR count).